The number of nitrogens with zero attached hydrogens (tertiary/aromatic N) is 1. The van der Waals surface area contributed by atoms with Crippen LogP contribution in [-0.2, 0) is 14.3 Å². The summed E-state index contributed by atoms with van der Waals surface area (Å²) in [6, 6.07) is 16.9. The van der Waals surface area contributed by atoms with Crippen LogP contribution in [0.5, 0.6) is 0 Å². The predicted molar refractivity (Wildman–Crippen MR) is 91.0 cm³/mol. The highest BCUT2D eigenvalue weighted by Gasteiger charge is 2.12. The Labute approximate surface area is 136 Å². The zero-order valence-electron chi connectivity index (χ0n) is 13.2. The van der Waals surface area contributed by atoms with Gasteiger partial charge in [0.25, 0.3) is 5.91 Å². The van der Waals surface area contributed by atoms with E-state index in [2.05, 4.69) is 0 Å². The average molecular weight is 309 g/mol. The molecule has 118 valence electrons. The molecule has 0 heterocycles. The van der Waals surface area contributed by atoms with Crippen molar-refractivity contribution in [3.05, 3.63) is 71.8 Å². The summed E-state index contributed by atoms with van der Waals surface area (Å²) in [5.41, 5.74) is 2.76. The Kier molecular flexibility index (Phi) is 5.69. The third-order valence-electron chi connectivity index (χ3n) is 3.44. The number of aryl methyl sites for hydroxylation is 1. The minimum atomic E-state index is -0.539. The number of ether oxygens (including phenoxy) is 1. The highest BCUT2D eigenvalue weighted by atomic mass is 16.5. The van der Waals surface area contributed by atoms with Gasteiger partial charge in [0.15, 0.2) is 6.61 Å². The number of esters is 1. The molecule has 0 atom stereocenters. The summed E-state index contributed by atoms with van der Waals surface area (Å²) in [5.74, 6) is -0.822. The van der Waals surface area contributed by atoms with E-state index < -0.39 is 5.97 Å². The maximum Gasteiger partial charge on any atom is 0.331 e. The zero-order chi connectivity index (χ0) is 16.7. The first-order valence-corrected chi connectivity index (χ1v) is 7.30. The average Bonchev–Trinajstić information content (AvgIpc) is 2.59. The minimum Gasteiger partial charge on any atom is -0.452 e. The van der Waals surface area contributed by atoms with Gasteiger partial charge in [-0.25, -0.2) is 4.79 Å². The van der Waals surface area contributed by atoms with Crippen LogP contribution in [0.2, 0.25) is 0 Å². The maximum atomic E-state index is 12.0. The molecule has 2 aromatic carbocycles. The topological polar surface area (TPSA) is 46.6 Å². The second kappa shape index (κ2) is 7.94. The maximum absolute atomic E-state index is 12.0. The number of anilines is 1. The van der Waals surface area contributed by atoms with Crippen LogP contribution in [0.25, 0.3) is 6.08 Å². The van der Waals surface area contributed by atoms with Gasteiger partial charge in [-0.15, -0.1) is 0 Å². The predicted octanol–water partition coefficient (Wildman–Crippen LogP) is 3.21. The second-order valence-corrected chi connectivity index (χ2v) is 5.09. The van der Waals surface area contributed by atoms with Gasteiger partial charge in [-0.1, -0.05) is 42.5 Å². The summed E-state index contributed by atoms with van der Waals surface area (Å²) < 4.78 is 4.99. The van der Waals surface area contributed by atoms with Gasteiger partial charge < -0.3 is 9.64 Å². The van der Waals surface area contributed by atoms with E-state index in [0.29, 0.717) is 0 Å². The van der Waals surface area contributed by atoms with Crippen LogP contribution in [0, 0.1) is 6.92 Å². The highest BCUT2D eigenvalue weighted by Crippen LogP contribution is 2.11. The molecule has 0 aliphatic rings. The monoisotopic (exact) mass is 309 g/mol. The molecular weight excluding hydrogens is 290 g/mol. The third-order valence-corrected chi connectivity index (χ3v) is 3.44. The number of benzene rings is 2. The summed E-state index contributed by atoms with van der Waals surface area (Å²) >= 11 is 0. The zero-order valence-corrected chi connectivity index (χ0v) is 13.2. The fourth-order valence-electron chi connectivity index (χ4n) is 2.01. The molecule has 2 rings (SSSR count). The summed E-state index contributed by atoms with van der Waals surface area (Å²) in [4.78, 5) is 25.2. The summed E-state index contributed by atoms with van der Waals surface area (Å²) in [6.45, 7) is 1.67. The number of likely N-dealkylation sites (N-methyl/N-ethyl adjacent to an activating group) is 1. The van der Waals surface area contributed by atoms with E-state index in [9.17, 15) is 9.59 Å². The van der Waals surface area contributed by atoms with Gasteiger partial charge in [-0.05, 0) is 36.3 Å². The lowest BCUT2D eigenvalue weighted by Crippen LogP contribution is -2.30. The Balaban J connectivity index is 1.87. The molecular formula is C19H19NO3. The molecule has 4 nitrogen and oxygen atoms in total. The smallest absolute Gasteiger partial charge is 0.331 e. The molecule has 0 unspecified atom stereocenters. The second-order valence-electron chi connectivity index (χ2n) is 5.09. The lowest BCUT2D eigenvalue weighted by Gasteiger charge is -2.16. The number of rotatable bonds is 5. The lowest BCUT2D eigenvalue weighted by atomic mass is 10.1. The van der Waals surface area contributed by atoms with Crippen LogP contribution in [0.1, 0.15) is 11.1 Å². The van der Waals surface area contributed by atoms with Crippen LogP contribution in [-0.4, -0.2) is 25.5 Å². The standard InChI is InChI=1S/C19H19NO3/c1-15-8-6-7-9-16(15)12-13-19(22)23-14-18(21)20(2)17-10-4-3-5-11-17/h3-13H,14H2,1-2H3/b13-12+. The molecule has 4 heteroatoms. The molecule has 1 amide bonds. The normalized spacial score (nSPS) is 10.5. The van der Waals surface area contributed by atoms with Crippen molar-refractivity contribution in [1.29, 1.82) is 0 Å². The molecule has 0 aliphatic heterocycles. The molecule has 0 fully saturated rings. The molecule has 0 radical (unpaired) electrons. The lowest BCUT2D eigenvalue weighted by molar-refractivity contribution is -0.142. The molecule has 0 spiro atoms. The van der Waals surface area contributed by atoms with Gasteiger partial charge in [-0.3, -0.25) is 4.79 Å². The Morgan fingerprint density at radius 2 is 1.70 bits per heavy atom. The summed E-state index contributed by atoms with van der Waals surface area (Å²) in [6.07, 6.45) is 3.02. The quantitative estimate of drug-likeness (QED) is 0.629. The van der Waals surface area contributed by atoms with Gasteiger partial charge in [0, 0.05) is 18.8 Å². The first-order chi connectivity index (χ1) is 11.1. The van der Waals surface area contributed by atoms with Crippen molar-refractivity contribution < 1.29 is 14.3 Å². The van der Waals surface area contributed by atoms with E-state index >= 15 is 0 Å². The molecule has 0 aliphatic carbocycles. The Morgan fingerprint density at radius 1 is 1.04 bits per heavy atom. The summed E-state index contributed by atoms with van der Waals surface area (Å²) in [5, 5.41) is 0. The van der Waals surface area contributed by atoms with Crippen molar-refractivity contribution >= 4 is 23.6 Å². The number of hydrogen-bond acceptors (Lipinski definition) is 3. The van der Waals surface area contributed by atoms with Crippen LogP contribution < -0.4 is 4.90 Å². The minimum absolute atomic E-state index is 0.283. The van der Waals surface area contributed by atoms with Crippen molar-refractivity contribution in [1.82, 2.24) is 0 Å². The SMILES string of the molecule is Cc1ccccc1/C=C/C(=O)OCC(=O)N(C)c1ccccc1. The van der Waals surface area contributed by atoms with Gasteiger partial charge in [-0.2, -0.15) is 0 Å². The molecule has 2 aromatic rings. The molecule has 0 saturated heterocycles. The van der Waals surface area contributed by atoms with Gasteiger partial charge >= 0.3 is 5.97 Å². The van der Waals surface area contributed by atoms with Gasteiger partial charge in [0.05, 0.1) is 0 Å². The van der Waals surface area contributed by atoms with Crippen LogP contribution in [0.15, 0.2) is 60.7 Å². The van der Waals surface area contributed by atoms with Crippen LogP contribution >= 0.6 is 0 Å². The van der Waals surface area contributed by atoms with Crippen LogP contribution in [0.4, 0.5) is 5.69 Å². The van der Waals surface area contributed by atoms with E-state index in [1.807, 2.05) is 61.5 Å². The number of carbonyl (C=O) groups excluding carboxylic acids is 2. The van der Waals surface area contributed by atoms with Crippen molar-refractivity contribution in [2.45, 2.75) is 6.92 Å². The molecule has 0 aromatic heterocycles. The molecule has 0 bridgehead atoms. The number of amides is 1. The number of hydrogen-bond donors (Lipinski definition) is 0. The molecule has 23 heavy (non-hydrogen) atoms. The number of para-hydroxylation sites is 1. The van der Waals surface area contributed by atoms with E-state index in [1.165, 1.54) is 11.0 Å². The first-order valence-electron chi connectivity index (χ1n) is 7.30. The number of carbonyl (C=O) groups is 2. The van der Waals surface area contributed by atoms with E-state index in [4.69, 9.17) is 4.74 Å². The Hall–Kier alpha value is -2.88. The Morgan fingerprint density at radius 3 is 2.39 bits per heavy atom. The van der Waals surface area contributed by atoms with E-state index in [0.717, 1.165) is 16.8 Å². The largest absolute Gasteiger partial charge is 0.452 e. The van der Waals surface area contributed by atoms with E-state index in [-0.39, 0.29) is 12.5 Å². The van der Waals surface area contributed by atoms with Crippen molar-refractivity contribution in [3.63, 3.8) is 0 Å². The Bertz CT molecular complexity index is 708. The van der Waals surface area contributed by atoms with Gasteiger partial charge in [0.1, 0.15) is 0 Å². The first kappa shape index (κ1) is 16.5. The molecule has 0 N–H and O–H groups in total. The summed E-state index contributed by atoms with van der Waals surface area (Å²) in [7, 11) is 1.65. The van der Waals surface area contributed by atoms with Gasteiger partial charge in [0.2, 0.25) is 0 Å². The van der Waals surface area contributed by atoms with Crippen LogP contribution in [0.3, 0.4) is 0 Å². The van der Waals surface area contributed by atoms with E-state index in [1.54, 1.807) is 13.1 Å². The molecule has 0 saturated carbocycles. The van der Waals surface area contributed by atoms with Crippen molar-refractivity contribution in [2.75, 3.05) is 18.6 Å². The third kappa shape index (κ3) is 4.81. The van der Waals surface area contributed by atoms with Crippen molar-refractivity contribution in [3.8, 4) is 0 Å². The fraction of sp³-hybridized carbons (Fsp3) is 0.158. The fourth-order valence-corrected chi connectivity index (χ4v) is 2.01. The van der Waals surface area contributed by atoms with Crippen molar-refractivity contribution in [2.24, 2.45) is 0 Å². The highest BCUT2D eigenvalue weighted by molar-refractivity contribution is 5.96.